The van der Waals surface area contributed by atoms with E-state index in [1.165, 1.54) is 9.71 Å². The van der Waals surface area contributed by atoms with E-state index in [1.54, 1.807) is 0 Å². The van der Waals surface area contributed by atoms with E-state index in [2.05, 4.69) is 48.3 Å². The standard InChI is InChI=1S/C14H19N3S/c1-3-17(11-8-15-9-11)10(2)14-16-12-6-4-5-7-13(12)18-14/h4-7,10-11,15H,3,8-9H2,1-2H3. The van der Waals surface area contributed by atoms with Crippen molar-refractivity contribution in [1.82, 2.24) is 15.2 Å². The van der Waals surface area contributed by atoms with Crippen LogP contribution in [0.15, 0.2) is 24.3 Å². The summed E-state index contributed by atoms with van der Waals surface area (Å²) >= 11 is 1.83. The summed E-state index contributed by atoms with van der Waals surface area (Å²) in [6.45, 7) is 7.83. The molecule has 1 aromatic carbocycles. The molecule has 0 saturated carbocycles. The number of likely N-dealkylation sites (N-methyl/N-ethyl adjacent to an activating group) is 1. The van der Waals surface area contributed by atoms with Gasteiger partial charge in [0.2, 0.25) is 0 Å². The van der Waals surface area contributed by atoms with Crippen LogP contribution in [0.4, 0.5) is 0 Å². The summed E-state index contributed by atoms with van der Waals surface area (Å²) in [5, 5.41) is 4.59. The molecule has 18 heavy (non-hydrogen) atoms. The van der Waals surface area contributed by atoms with E-state index < -0.39 is 0 Å². The summed E-state index contributed by atoms with van der Waals surface area (Å²) < 4.78 is 1.29. The Morgan fingerprint density at radius 3 is 2.83 bits per heavy atom. The van der Waals surface area contributed by atoms with Crippen LogP contribution in [0.5, 0.6) is 0 Å². The summed E-state index contributed by atoms with van der Waals surface area (Å²) in [6.07, 6.45) is 0. The van der Waals surface area contributed by atoms with E-state index in [9.17, 15) is 0 Å². The molecule has 0 spiro atoms. The van der Waals surface area contributed by atoms with Crippen LogP contribution >= 0.6 is 11.3 Å². The van der Waals surface area contributed by atoms with Crippen LogP contribution in [0.3, 0.4) is 0 Å². The Bertz CT molecular complexity index is 500. The summed E-state index contributed by atoms with van der Waals surface area (Å²) in [5.74, 6) is 0. The van der Waals surface area contributed by atoms with Gasteiger partial charge in [-0.15, -0.1) is 11.3 Å². The first kappa shape index (κ1) is 12.1. The van der Waals surface area contributed by atoms with E-state index in [0.29, 0.717) is 12.1 Å². The Morgan fingerprint density at radius 2 is 2.22 bits per heavy atom. The van der Waals surface area contributed by atoms with Gasteiger partial charge >= 0.3 is 0 Å². The Morgan fingerprint density at radius 1 is 1.44 bits per heavy atom. The van der Waals surface area contributed by atoms with Crippen LogP contribution in [0, 0.1) is 0 Å². The zero-order valence-electron chi connectivity index (χ0n) is 10.9. The second kappa shape index (κ2) is 4.96. The number of rotatable bonds is 4. The van der Waals surface area contributed by atoms with Gasteiger partial charge in [0.05, 0.1) is 16.3 Å². The SMILES string of the molecule is CCN(C1CNC1)C(C)c1nc2ccccc2s1. The maximum absolute atomic E-state index is 4.78. The first-order valence-electron chi connectivity index (χ1n) is 6.61. The molecule has 1 N–H and O–H groups in total. The molecule has 0 bridgehead atoms. The minimum atomic E-state index is 0.416. The third-order valence-corrected chi connectivity index (χ3v) is 4.97. The molecule has 1 saturated heterocycles. The summed E-state index contributed by atoms with van der Waals surface area (Å²) in [6, 6.07) is 9.50. The lowest BCUT2D eigenvalue weighted by atomic mass is 10.1. The van der Waals surface area contributed by atoms with E-state index in [0.717, 1.165) is 25.2 Å². The maximum atomic E-state index is 4.78. The topological polar surface area (TPSA) is 28.2 Å². The predicted molar refractivity (Wildman–Crippen MR) is 77.1 cm³/mol. The van der Waals surface area contributed by atoms with Crippen molar-refractivity contribution in [1.29, 1.82) is 0 Å². The van der Waals surface area contributed by atoms with Crippen LogP contribution < -0.4 is 5.32 Å². The van der Waals surface area contributed by atoms with Gasteiger partial charge in [0.15, 0.2) is 0 Å². The highest BCUT2D eigenvalue weighted by Crippen LogP contribution is 2.30. The van der Waals surface area contributed by atoms with Gasteiger partial charge < -0.3 is 5.32 Å². The lowest BCUT2D eigenvalue weighted by Gasteiger charge is -2.40. The molecule has 1 aromatic heterocycles. The number of para-hydroxylation sites is 1. The molecule has 1 atom stereocenters. The van der Waals surface area contributed by atoms with Crippen LogP contribution in [-0.4, -0.2) is 35.6 Å². The molecule has 1 fully saturated rings. The molecular formula is C14H19N3S. The van der Waals surface area contributed by atoms with Crippen LogP contribution in [-0.2, 0) is 0 Å². The number of fused-ring (bicyclic) bond motifs is 1. The first-order valence-corrected chi connectivity index (χ1v) is 7.43. The maximum Gasteiger partial charge on any atom is 0.111 e. The van der Waals surface area contributed by atoms with Crippen molar-refractivity contribution >= 4 is 21.6 Å². The minimum absolute atomic E-state index is 0.416. The molecule has 1 unspecified atom stereocenters. The van der Waals surface area contributed by atoms with E-state index in [1.807, 2.05) is 11.3 Å². The van der Waals surface area contributed by atoms with Gasteiger partial charge in [-0.1, -0.05) is 19.1 Å². The Balaban J connectivity index is 1.87. The fourth-order valence-corrected chi connectivity index (χ4v) is 3.61. The number of hydrogen-bond donors (Lipinski definition) is 1. The van der Waals surface area contributed by atoms with Gasteiger partial charge in [-0.2, -0.15) is 0 Å². The van der Waals surface area contributed by atoms with Gasteiger partial charge in [-0.25, -0.2) is 4.98 Å². The highest BCUT2D eigenvalue weighted by Gasteiger charge is 2.29. The summed E-state index contributed by atoms with van der Waals surface area (Å²) in [5.41, 5.74) is 1.13. The molecule has 0 radical (unpaired) electrons. The van der Waals surface area contributed by atoms with Crippen molar-refractivity contribution in [3.05, 3.63) is 29.3 Å². The highest BCUT2D eigenvalue weighted by molar-refractivity contribution is 7.18. The molecule has 2 heterocycles. The molecule has 2 aromatic rings. The van der Waals surface area contributed by atoms with Crippen molar-refractivity contribution in [3.63, 3.8) is 0 Å². The Hall–Kier alpha value is -0.970. The van der Waals surface area contributed by atoms with Crippen LogP contribution in [0.1, 0.15) is 24.9 Å². The van der Waals surface area contributed by atoms with Gasteiger partial charge in [-0.3, -0.25) is 4.90 Å². The first-order chi connectivity index (χ1) is 8.79. The van der Waals surface area contributed by atoms with Crippen molar-refractivity contribution < 1.29 is 0 Å². The molecule has 0 aliphatic carbocycles. The van der Waals surface area contributed by atoms with Crippen molar-refractivity contribution in [2.75, 3.05) is 19.6 Å². The summed E-state index contributed by atoms with van der Waals surface area (Å²) in [7, 11) is 0. The zero-order valence-corrected chi connectivity index (χ0v) is 11.7. The monoisotopic (exact) mass is 261 g/mol. The quantitative estimate of drug-likeness (QED) is 0.917. The largest absolute Gasteiger partial charge is 0.314 e. The Labute approximate surface area is 112 Å². The molecular weight excluding hydrogens is 242 g/mol. The van der Waals surface area contributed by atoms with Crippen molar-refractivity contribution in [2.24, 2.45) is 0 Å². The number of benzene rings is 1. The molecule has 0 amide bonds. The molecule has 1 aliphatic heterocycles. The molecule has 1 aliphatic rings. The third kappa shape index (κ3) is 2.05. The van der Waals surface area contributed by atoms with Gasteiger partial charge in [0, 0.05) is 19.1 Å². The van der Waals surface area contributed by atoms with Gasteiger partial charge in [0.25, 0.3) is 0 Å². The van der Waals surface area contributed by atoms with Crippen molar-refractivity contribution in [2.45, 2.75) is 25.9 Å². The second-order valence-electron chi connectivity index (χ2n) is 4.84. The van der Waals surface area contributed by atoms with Crippen LogP contribution in [0.2, 0.25) is 0 Å². The number of thiazole rings is 1. The van der Waals surface area contributed by atoms with E-state index >= 15 is 0 Å². The number of aromatic nitrogens is 1. The molecule has 96 valence electrons. The smallest absolute Gasteiger partial charge is 0.111 e. The van der Waals surface area contributed by atoms with Gasteiger partial charge in [0.1, 0.15) is 5.01 Å². The Kier molecular flexibility index (Phi) is 3.33. The van der Waals surface area contributed by atoms with Gasteiger partial charge in [-0.05, 0) is 25.6 Å². The summed E-state index contributed by atoms with van der Waals surface area (Å²) in [4.78, 5) is 7.33. The number of nitrogens with one attached hydrogen (secondary N) is 1. The fourth-order valence-electron chi connectivity index (χ4n) is 2.57. The molecule has 3 rings (SSSR count). The fraction of sp³-hybridized carbons (Fsp3) is 0.500. The zero-order chi connectivity index (χ0) is 12.5. The second-order valence-corrected chi connectivity index (χ2v) is 5.90. The predicted octanol–water partition coefficient (Wildman–Crippen LogP) is 2.65. The van der Waals surface area contributed by atoms with Crippen LogP contribution in [0.25, 0.3) is 10.2 Å². The molecule has 3 nitrogen and oxygen atoms in total. The highest BCUT2D eigenvalue weighted by atomic mass is 32.1. The normalized spacial score (nSPS) is 18.2. The third-order valence-electron chi connectivity index (χ3n) is 3.76. The average Bonchev–Trinajstić information content (AvgIpc) is 2.76. The molecule has 4 heteroatoms. The van der Waals surface area contributed by atoms with Crippen molar-refractivity contribution in [3.8, 4) is 0 Å². The number of hydrogen-bond acceptors (Lipinski definition) is 4. The minimum Gasteiger partial charge on any atom is -0.314 e. The average molecular weight is 261 g/mol. The lowest BCUT2D eigenvalue weighted by Crippen LogP contribution is -2.57. The number of nitrogens with zero attached hydrogens (tertiary/aromatic N) is 2. The van der Waals surface area contributed by atoms with E-state index in [-0.39, 0.29) is 0 Å². The lowest BCUT2D eigenvalue weighted by molar-refractivity contribution is 0.110. The van der Waals surface area contributed by atoms with E-state index in [4.69, 9.17) is 4.98 Å².